The zero-order valence-electron chi connectivity index (χ0n) is 7.36. The van der Waals surface area contributed by atoms with Crippen molar-refractivity contribution in [2.24, 2.45) is 0 Å². The van der Waals surface area contributed by atoms with Crippen molar-refractivity contribution >= 4 is 6.08 Å². The molecule has 1 rings (SSSR count). The van der Waals surface area contributed by atoms with Crippen LogP contribution in [0.15, 0.2) is 43.1 Å². The van der Waals surface area contributed by atoms with E-state index in [0.29, 0.717) is 0 Å². The number of hydroxylamine groups is 1. The van der Waals surface area contributed by atoms with Gasteiger partial charge < -0.3 is 10.7 Å². The van der Waals surface area contributed by atoms with Gasteiger partial charge in [-0.05, 0) is 23.7 Å². The molecule has 0 saturated carbocycles. The van der Waals surface area contributed by atoms with Crippen LogP contribution in [0.2, 0.25) is 0 Å². The zero-order chi connectivity index (χ0) is 9.52. The summed E-state index contributed by atoms with van der Waals surface area (Å²) in [4.78, 5) is 0. The molecule has 68 valence electrons. The van der Waals surface area contributed by atoms with Gasteiger partial charge in [0.05, 0.1) is 0 Å². The van der Waals surface area contributed by atoms with Crippen molar-refractivity contribution in [2.75, 3.05) is 0 Å². The molecule has 0 atom stereocenters. The van der Waals surface area contributed by atoms with Crippen LogP contribution in [0.25, 0.3) is 6.08 Å². The van der Waals surface area contributed by atoms with E-state index < -0.39 is 0 Å². The summed E-state index contributed by atoms with van der Waals surface area (Å²) in [5.41, 5.74) is 4.00. The van der Waals surface area contributed by atoms with Gasteiger partial charge in [0.25, 0.3) is 0 Å². The molecule has 0 saturated heterocycles. The third-order valence-corrected chi connectivity index (χ3v) is 1.80. The van der Waals surface area contributed by atoms with Gasteiger partial charge in [-0.3, -0.25) is 0 Å². The maximum Gasteiger partial charge on any atom is -0.00745 e. The van der Waals surface area contributed by atoms with Gasteiger partial charge in [0, 0.05) is 0 Å². The van der Waals surface area contributed by atoms with Crippen molar-refractivity contribution in [3.8, 4) is 0 Å². The number of benzene rings is 1. The molecule has 0 bridgehead atoms. The van der Waals surface area contributed by atoms with Crippen LogP contribution < -0.4 is 5.48 Å². The monoisotopic (exact) mass is 174 g/mol. The zero-order valence-corrected chi connectivity index (χ0v) is 7.36. The summed E-state index contributed by atoms with van der Waals surface area (Å²) in [6.07, 6.45) is 5.74. The van der Waals surface area contributed by atoms with E-state index in [4.69, 9.17) is 0 Å². The second-order valence-electron chi connectivity index (χ2n) is 2.63. The van der Waals surface area contributed by atoms with Crippen LogP contribution in [0.4, 0.5) is 0 Å². The molecule has 2 nitrogen and oxygen atoms in total. The Labute approximate surface area is 78.2 Å². The van der Waals surface area contributed by atoms with Crippen LogP contribution in [-0.2, 0) is 6.42 Å². The molecular weight excluding hydrogens is 162 g/mol. The van der Waals surface area contributed by atoms with Crippen molar-refractivity contribution in [1.29, 1.82) is 0 Å². The second kappa shape index (κ2) is 5.17. The number of hydrogen-bond donors (Lipinski definition) is 1. The van der Waals surface area contributed by atoms with Crippen molar-refractivity contribution in [1.82, 2.24) is 5.48 Å². The standard InChI is InChI=1S/C11H12NO/c1-2-10-6-3-4-7-11(10)8-5-9-12-13/h2-7,9,12H,1,8H2/q-1/b9-5+. The van der Waals surface area contributed by atoms with Gasteiger partial charge in [0.15, 0.2) is 0 Å². The Hall–Kier alpha value is -1.54. The van der Waals surface area contributed by atoms with E-state index in [0.717, 1.165) is 12.0 Å². The molecule has 0 radical (unpaired) electrons. The quantitative estimate of drug-likeness (QED) is 0.711. The lowest BCUT2D eigenvalue weighted by Gasteiger charge is -2.03. The average molecular weight is 174 g/mol. The van der Waals surface area contributed by atoms with E-state index in [1.54, 1.807) is 11.6 Å². The van der Waals surface area contributed by atoms with E-state index >= 15 is 0 Å². The average Bonchev–Trinajstić information content (AvgIpc) is 2.19. The third kappa shape index (κ3) is 2.76. The van der Waals surface area contributed by atoms with Gasteiger partial charge in [-0.1, -0.05) is 43.0 Å². The number of allylic oxidation sites excluding steroid dienone is 1. The van der Waals surface area contributed by atoms with Crippen molar-refractivity contribution in [3.05, 3.63) is 59.5 Å². The smallest absolute Gasteiger partial charge is 0.00745 e. The van der Waals surface area contributed by atoms with E-state index in [1.165, 1.54) is 11.8 Å². The normalized spacial score (nSPS) is 10.2. The van der Waals surface area contributed by atoms with Crippen molar-refractivity contribution < 1.29 is 0 Å². The van der Waals surface area contributed by atoms with E-state index in [-0.39, 0.29) is 0 Å². The first-order valence-corrected chi connectivity index (χ1v) is 4.11. The minimum atomic E-state index is 0.747. The Morgan fingerprint density at radius 3 is 2.85 bits per heavy atom. The van der Waals surface area contributed by atoms with E-state index in [1.807, 2.05) is 30.3 Å². The van der Waals surface area contributed by atoms with Crippen molar-refractivity contribution in [2.45, 2.75) is 6.42 Å². The Morgan fingerprint density at radius 2 is 2.15 bits per heavy atom. The van der Waals surface area contributed by atoms with Crippen LogP contribution in [-0.4, -0.2) is 0 Å². The summed E-state index contributed by atoms with van der Waals surface area (Å²) in [5, 5.41) is 9.92. The molecule has 0 aliphatic rings. The van der Waals surface area contributed by atoms with Gasteiger partial charge in [0.2, 0.25) is 0 Å². The van der Waals surface area contributed by atoms with Crippen LogP contribution in [0.3, 0.4) is 0 Å². The van der Waals surface area contributed by atoms with Crippen LogP contribution in [0, 0.1) is 5.21 Å². The fourth-order valence-electron chi connectivity index (χ4n) is 1.15. The Bertz CT molecular complexity index is 305. The summed E-state index contributed by atoms with van der Waals surface area (Å²) in [5.74, 6) is 0. The molecule has 0 unspecified atom stereocenters. The third-order valence-electron chi connectivity index (χ3n) is 1.80. The highest BCUT2D eigenvalue weighted by Gasteiger charge is 1.93. The number of hydrogen-bond acceptors (Lipinski definition) is 2. The molecule has 1 aromatic rings. The van der Waals surface area contributed by atoms with Gasteiger partial charge in [-0.2, -0.15) is 0 Å². The van der Waals surface area contributed by atoms with E-state index in [9.17, 15) is 5.21 Å². The molecule has 0 fully saturated rings. The lowest BCUT2D eigenvalue weighted by atomic mass is 10.0. The fraction of sp³-hybridized carbons (Fsp3) is 0.0909. The largest absolute Gasteiger partial charge is 0.761 e. The highest BCUT2D eigenvalue weighted by Crippen LogP contribution is 2.10. The lowest BCUT2D eigenvalue weighted by molar-refractivity contribution is 1.16. The predicted molar refractivity (Wildman–Crippen MR) is 55.9 cm³/mol. The van der Waals surface area contributed by atoms with Gasteiger partial charge in [-0.25, -0.2) is 0 Å². The first kappa shape index (κ1) is 9.55. The highest BCUT2D eigenvalue weighted by molar-refractivity contribution is 5.52. The van der Waals surface area contributed by atoms with E-state index in [2.05, 4.69) is 6.58 Å². The predicted octanol–water partition coefficient (Wildman–Crippen LogP) is 2.47. The minimum absolute atomic E-state index is 0.747. The molecule has 13 heavy (non-hydrogen) atoms. The highest BCUT2D eigenvalue weighted by atomic mass is 16.5. The first-order valence-electron chi connectivity index (χ1n) is 4.11. The van der Waals surface area contributed by atoms with Gasteiger partial charge >= 0.3 is 0 Å². The van der Waals surface area contributed by atoms with Crippen LogP contribution >= 0.6 is 0 Å². The molecular formula is C11H12NO-. The summed E-state index contributed by atoms with van der Waals surface area (Å²) in [6, 6.07) is 7.96. The topological polar surface area (TPSA) is 35.1 Å². The van der Waals surface area contributed by atoms with Gasteiger partial charge in [-0.15, -0.1) is 0 Å². The Balaban J connectivity index is 2.75. The first-order chi connectivity index (χ1) is 6.38. The molecule has 1 N–H and O–H groups in total. The number of nitrogens with one attached hydrogen (secondary N) is 1. The SMILES string of the molecule is C=Cc1ccccc1C/C=C/N[O-]. The van der Waals surface area contributed by atoms with Crippen LogP contribution in [0.1, 0.15) is 11.1 Å². The summed E-state index contributed by atoms with van der Waals surface area (Å²) in [6.45, 7) is 3.72. The summed E-state index contributed by atoms with van der Waals surface area (Å²) < 4.78 is 0. The molecule has 2 heteroatoms. The fourth-order valence-corrected chi connectivity index (χ4v) is 1.15. The lowest BCUT2D eigenvalue weighted by Crippen LogP contribution is -1.90. The Kier molecular flexibility index (Phi) is 3.79. The maximum atomic E-state index is 9.92. The van der Waals surface area contributed by atoms with Crippen LogP contribution in [0.5, 0.6) is 0 Å². The molecule has 1 aromatic carbocycles. The molecule has 0 aliphatic heterocycles. The van der Waals surface area contributed by atoms with Crippen molar-refractivity contribution in [3.63, 3.8) is 0 Å². The molecule has 0 amide bonds. The molecule has 0 spiro atoms. The Morgan fingerprint density at radius 1 is 1.38 bits per heavy atom. The molecule has 0 aromatic heterocycles. The molecule has 0 heterocycles. The summed E-state index contributed by atoms with van der Waals surface area (Å²) in [7, 11) is 0. The molecule has 0 aliphatic carbocycles. The summed E-state index contributed by atoms with van der Waals surface area (Å²) >= 11 is 0. The van der Waals surface area contributed by atoms with Gasteiger partial charge in [0.1, 0.15) is 0 Å². The number of rotatable bonds is 4. The maximum absolute atomic E-state index is 9.92. The second-order valence-corrected chi connectivity index (χ2v) is 2.63. The minimum Gasteiger partial charge on any atom is -0.761 e.